The predicted molar refractivity (Wildman–Crippen MR) is 79.9 cm³/mol. The molecule has 1 heterocycles. The van der Waals surface area contributed by atoms with Crippen molar-refractivity contribution in [2.75, 3.05) is 13.7 Å². The Morgan fingerprint density at radius 1 is 1.33 bits per heavy atom. The number of rotatable bonds is 6. The monoisotopic (exact) mass is 288 g/mol. The lowest BCUT2D eigenvalue weighted by molar-refractivity contribution is 0.0947. The molecule has 1 N–H and O–H groups in total. The first-order valence-corrected chi connectivity index (χ1v) is 7.02. The van der Waals surface area contributed by atoms with Crippen LogP contribution in [0.4, 0.5) is 0 Å². The van der Waals surface area contributed by atoms with Crippen molar-refractivity contribution in [1.29, 1.82) is 0 Å². The zero-order valence-electron chi connectivity index (χ0n) is 12.6. The minimum Gasteiger partial charge on any atom is -0.497 e. The fraction of sp³-hybridized carbons (Fsp3) is 0.400. The number of hydrogen-bond acceptors (Lipinski definition) is 4. The minimum absolute atomic E-state index is 0.180. The second-order valence-corrected chi connectivity index (χ2v) is 4.74. The Labute approximate surface area is 124 Å². The molecule has 0 atom stereocenters. The van der Waals surface area contributed by atoms with Crippen LogP contribution in [0.25, 0.3) is 5.69 Å². The van der Waals surface area contributed by atoms with Gasteiger partial charge < -0.3 is 10.1 Å². The Bertz CT molecular complexity index is 605. The van der Waals surface area contributed by atoms with E-state index in [4.69, 9.17) is 4.74 Å². The van der Waals surface area contributed by atoms with Gasteiger partial charge in [0.25, 0.3) is 5.91 Å². The lowest BCUT2D eigenvalue weighted by Gasteiger charge is -2.05. The number of benzene rings is 1. The van der Waals surface area contributed by atoms with Gasteiger partial charge >= 0.3 is 0 Å². The maximum Gasteiger partial charge on any atom is 0.273 e. The van der Waals surface area contributed by atoms with Gasteiger partial charge in [-0.05, 0) is 37.6 Å². The summed E-state index contributed by atoms with van der Waals surface area (Å²) in [6.07, 6.45) is 2.00. The largest absolute Gasteiger partial charge is 0.497 e. The van der Waals surface area contributed by atoms with Crippen LogP contribution in [0.1, 0.15) is 35.9 Å². The van der Waals surface area contributed by atoms with Crippen molar-refractivity contribution < 1.29 is 9.53 Å². The molecule has 0 bridgehead atoms. The SMILES string of the molecule is CCCCNC(=O)c1nnn(-c2ccc(OC)cc2)c1C. The number of nitrogens with zero attached hydrogens (tertiary/aromatic N) is 3. The van der Waals surface area contributed by atoms with E-state index in [-0.39, 0.29) is 5.91 Å². The van der Waals surface area contributed by atoms with Gasteiger partial charge in [0.2, 0.25) is 0 Å². The fourth-order valence-corrected chi connectivity index (χ4v) is 1.97. The van der Waals surface area contributed by atoms with Gasteiger partial charge in [0.1, 0.15) is 5.75 Å². The average Bonchev–Trinajstić information content (AvgIpc) is 2.89. The number of hydrogen-bond donors (Lipinski definition) is 1. The van der Waals surface area contributed by atoms with Gasteiger partial charge in [0.15, 0.2) is 5.69 Å². The van der Waals surface area contributed by atoms with E-state index in [0.717, 1.165) is 24.3 Å². The second-order valence-electron chi connectivity index (χ2n) is 4.74. The van der Waals surface area contributed by atoms with E-state index in [1.54, 1.807) is 11.8 Å². The van der Waals surface area contributed by atoms with Crippen molar-refractivity contribution in [3.63, 3.8) is 0 Å². The number of methoxy groups -OCH3 is 1. The van der Waals surface area contributed by atoms with Crippen molar-refractivity contribution in [2.45, 2.75) is 26.7 Å². The molecule has 0 aliphatic heterocycles. The highest BCUT2D eigenvalue weighted by Gasteiger charge is 2.16. The fourth-order valence-electron chi connectivity index (χ4n) is 1.97. The van der Waals surface area contributed by atoms with Crippen LogP contribution in [-0.4, -0.2) is 34.6 Å². The van der Waals surface area contributed by atoms with Crippen molar-refractivity contribution in [2.24, 2.45) is 0 Å². The Morgan fingerprint density at radius 3 is 2.67 bits per heavy atom. The van der Waals surface area contributed by atoms with Gasteiger partial charge in [-0.2, -0.15) is 0 Å². The summed E-state index contributed by atoms with van der Waals surface area (Å²) in [6.45, 7) is 4.57. The molecule has 0 saturated heterocycles. The molecule has 0 unspecified atom stereocenters. The maximum atomic E-state index is 12.0. The number of carbonyl (C=O) groups is 1. The molecule has 6 heteroatoms. The molecule has 6 nitrogen and oxygen atoms in total. The molecule has 0 saturated carbocycles. The lowest BCUT2D eigenvalue weighted by Crippen LogP contribution is -2.25. The third-order valence-corrected chi connectivity index (χ3v) is 3.24. The van der Waals surface area contributed by atoms with Crippen molar-refractivity contribution in [3.05, 3.63) is 35.7 Å². The summed E-state index contributed by atoms with van der Waals surface area (Å²) >= 11 is 0. The van der Waals surface area contributed by atoms with Crippen LogP contribution in [0.2, 0.25) is 0 Å². The zero-order valence-corrected chi connectivity index (χ0v) is 12.6. The summed E-state index contributed by atoms with van der Waals surface area (Å²) < 4.78 is 6.77. The highest BCUT2D eigenvalue weighted by molar-refractivity contribution is 5.93. The van der Waals surface area contributed by atoms with Crippen molar-refractivity contribution in [3.8, 4) is 11.4 Å². The van der Waals surface area contributed by atoms with Crippen LogP contribution >= 0.6 is 0 Å². The molecule has 2 aromatic rings. The van der Waals surface area contributed by atoms with E-state index in [0.29, 0.717) is 17.9 Å². The molecule has 0 radical (unpaired) electrons. The third kappa shape index (κ3) is 3.39. The van der Waals surface area contributed by atoms with E-state index in [2.05, 4.69) is 22.6 Å². The number of unbranched alkanes of at least 4 members (excludes halogenated alkanes) is 1. The normalized spacial score (nSPS) is 10.4. The second kappa shape index (κ2) is 6.88. The average molecular weight is 288 g/mol. The van der Waals surface area contributed by atoms with Crippen LogP contribution in [0.3, 0.4) is 0 Å². The summed E-state index contributed by atoms with van der Waals surface area (Å²) in [6, 6.07) is 7.44. The van der Waals surface area contributed by atoms with Gasteiger partial charge in [-0.3, -0.25) is 4.79 Å². The van der Waals surface area contributed by atoms with Gasteiger partial charge in [0, 0.05) is 6.54 Å². The van der Waals surface area contributed by atoms with Crippen LogP contribution in [-0.2, 0) is 0 Å². The number of nitrogens with one attached hydrogen (secondary N) is 1. The Hall–Kier alpha value is -2.37. The van der Waals surface area contributed by atoms with Gasteiger partial charge in [-0.1, -0.05) is 18.6 Å². The van der Waals surface area contributed by atoms with E-state index in [1.165, 1.54) is 0 Å². The molecule has 1 amide bonds. The highest BCUT2D eigenvalue weighted by atomic mass is 16.5. The van der Waals surface area contributed by atoms with Gasteiger partial charge in [0.05, 0.1) is 18.5 Å². The summed E-state index contributed by atoms with van der Waals surface area (Å²) in [4.78, 5) is 12.0. The van der Waals surface area contributed by atoms with Crippen molar-refractivity contribution >= 4 is 5.91 Å². The Morgan fingerprint density at radius 2 is 2.05 bits per heavy atom. The maximum absolute atomic E-state index is 12.0. The quantitative estimate of drug-likeness (QED) is 0.827. The molecule has 1 aromatic heterocycles. The summed E-state index contributed by atoms with van der Waals surface area (Å²) in [5, 5.41) is 10.9. The summed E-state index contributed by atoms with van der Waals surface area (Å²) in [7, 11) is 1.62. The molecule has 0 aliphatic rings. The van der Waals surface area contributed by atoms with Crippen LogP contribution in [0, 0.1) is 6.92 Å². The van der Waals surface area contributed by atoms with Gasteiger partial charge in [-0.15, -0.1) is 5.10 Å². The zero-order chi connectivity index (χ0) is 15.2. The first-order chi connectivity index (χ1) is 10.2. The summed E-state index contributed by atoms with van der Waals surface area (Å²) in [5.41, 5.74) is 1.92. The third-order valence-electron chi connectivity index (χ3n) is 3.24. The molecule has 1 aromatic carbocycles. The summed E-state index contributed by atoms with van der Waals surface area (Å²) in [5.74, 6) is 0.592. The molecule has 0 spiro atoms. The Balaban J connectivity index is 2.17. The molecular weight excluding hydrogens is 268 g/mol. The number of aromatic nitrogens is 3. The number of carbonyl (C=O) groups excluding carboxylic acids is 1. The molecule has 21 heavy (non-hydrogen) atoms. The van der Waals surface area contributed by atoms with E-state index < -0.39 is 0 Å². The molecular formula is C15H20N4O2. The van der Waals surface area contributed by atoms with Crippen molar-refractivity contribution in [1.82, 2.24) is 20.3 Å². The molecule has 2 rings (SSSR count). The number of amides is 1. The van der Waals surface area contributed by atoms with E-state index in [1.807, 2.05) is 31.2 Å². The smallest absolute Gasteiger partial charge is 0.273 e. The van der Waals surface area contributed by atoms with Crippen LogP contribution in [0.5, 0.6) is 5.75 Å². The first kappa shape index (κ1) is 15.0. The highest BCUT2D eigenvalue weighted by Crippen LogP contribution is 2.16. The topological polar surface area (TPSA) is 69.0 Å². The standard InChI is InChI=1S/C15H20N4O2/c1-4-5-10-16-15(20)14-11(2)19(18-17-14)12-6-8-13(21-3)9-7-12/h6-9H,4-5,10H2,1-3H3,(H,16,20). The van der Waals surface area contributed by atoms with Crippen LogP contribution < -0.4 is 10.1 Å². The minimum atomic E-state index is -0.180. The number of ether oxygens (including phenoxy) is 1. The predicted octanol–water partition coefficient (Wildman–Crippen LogP) is 2.11. The lowest BCUT2D eigenvalue weighted by atomic mass is 10.2. The van der Waals surface area contributed by atoms with Crippen LogP contribution in [0.15, 0.2) is 24.3 Å². The van der Waals surface area contributed by atoms with Gasteiger partial charge in [-0.25, -0.2) is 4.68 Å². The molecule has 112 valence electrons. The molecule has 0 fully saturated rings. The molecule has 0 aliphatic carbocycles. The van der Waals surface area contributed by atoms with E-state index >= 15 is 0 Å². The van der Waals surface area contributed by atoms with E-state index in [9.17, 15) is 4.79 Å². The Kier molecular flexibility index (Phi) is 4.92. The first-order valence-electron chi connectivity index (χ1n) is 7.02.